The Balaban J connectivity index is 1.77. The zero-order valence-electron chi connectivity index (χ0n) is 13.2. The highest BCUT2D eigenvalue weighted by Crippen LogP contribution is 2.25. The van der Waals surface area contributed by atoms with Crippen LogP contribution in [0.5, 0.6) is 0 Å². The van der Waals surface area contributed by atoms with Gasteiger partial charge in [-0.25, -0.2) is 0 Å². The third kappa shape index (κ3) is 2.48. The summed E-state index contributed by atoms with van der Waals surface area (Å²) >= 11 is 0. The molecule has 4 aromatic rings. The van der Waals surface area contributed by atoms with E-state index in [0.717, 1.165) is 11.1 Å². The standard InChI is InChI=1S/C20H15N3O/c1-14-7-5-6-10-17(14)16-11-12-18-19(13-16)22-23(21-18)20(24)15-8-3-2-4-9-15/h2-13H,1H3. The van der Waals surface area contributed by atoms with Gasteiger partial charge in [0.2, 0.25) is 0 Å². The molecule has 0 saturated heterocycles. The van der Waals surface area contributed by atoms with Gasteiger partial charge in [0.15, 0.2) is 0 Å². The number of aryl methyl sites for hydroxylation is 1. The lowest BCUT2D eigenvalue weighted by Crippen LogP contribution is -2.14. The van der Waals surface area contributed by atoms with Gasteiger partial charge in [0.1, 0.15) is 11.0 Å². The number of carbonyl (C=O) groups is 1. The summed E-state index contributed by atoms with van der Waals surface area (Å²) in [4.78, 5) is 13.6. The van der Waals surface area contributed by atoms with Crippen molar-refractivity contribution in [2.45, 2.75) is 6.92 Å². The minimum absolute atomic E-state index is 0.232. The molecule has 116 valence electrons. The SMILES string of the molecule is Cc1ccccc1-c1ccc2nn(C(=O)c3ccccc3)nc2c1. The summed E-state index contributed by atoms with van der Waals surface area (Å²) in [6.45, 7) is 2.08. The van der Waals surface area contributed by atoms with Gasteiger partial charge in [-0.15, -0.1) is 15.0 Å². The first kappa shape index (κ1) is 14.3. The highest BCUT2D eigenvalue weighted by atomic mass is 16.2. The monoisotopic (exact) mass is 313 g/mol. The third-order valence-corrected chi connectivity index (χ3v) is 4.04. The summed E-state index contributed by atoms with van der Waals surface area (Å²) in [7, 11) is 0. The molecule has 0 aliphatic rings. The Morgan fingerprint density at radius 1 is 0.833 bits per heavy atom. The third-order valence-electron chi connectivity index (χ3n) is 4.04. The molecular weight excluding hydrogens is 298 g/mol. The molecule has 0 bridgehead atoms. The quantitative estimate of drug-likeness (QED) is 0.560. The second kappa shape index (κ2) is 5.74. The second-order valence-electron chi connectivity index (χ2n) is 5.68. The Morgan fingerprint density at radius 3 is 2.33 bits per heavy atom. The van der Waals surface area contributed by atoms with Crippen LogP contribution < -0.4 is 0 Å². The Hall–Kier alpha value is -3.27. The fourth-order valence-electron chi connectivity index (χ4n) is 2.77. The second-order valence-corrected chi connectivity index (χ2v) is 5.68. The van der Waals surface area contributed by atoms with E-state index in [-0.39, 0.29) is 5.91 Å². The van der Waals surface area contributed by atoms with E-state index in [1.807, 2.05) is 48.5 Å². The van der Waals surface area contributed by atoms with Crippen LogP contribution in [0.25, 0.3) is 22.2 Å². The van der Waals surface area contributed by atoms with Crippen LogP contribution in [-0.4, -0.2) is 20.9 Å². The van der Waals surface area contributed by atoms with Crippen molar-refractivity contribution in [3.8, 4) is 11.1 Å². The number of hydrogen-bond acceptors (Lipinski definition) is 3. The summed E-state index contributed by atoms with van der Waals surface area (Å²) < 4.78 is 0. The molecule has 4 rings (SSSR count). The molecule has 4 nitrogen and oxygen atoms in total. The highest BCUT2D eigenvalue weighted by molar-refractivity contribution is 5.96. The van der Waals surface area contributed by atoms with Gasteiger partial charge in [0.05, 0.1) is 0 Å². The average Bonchev–Trinajstić information content (AvgIpc) is 3.05. The Kier molecular flexibility index (Phi) is 3.43. The molecule has 0 fully saturated rings. The average molecular weight is 313 g/mol. The molecule has 3 aromatic carbocycles. The Bertz CT molecular complexity index is 1040. The first-order chi connectivity index (χ1) is 11.7. The molecule has 1 heterocycles. The van der Waals surface area contributed by atoms with Crippen LogP contribution in [0.15, 0.2) is 72.8 Å². The highest BCUT2D eigenvalue weighted by Gasteiger charge is 2.13. The molecule has 0 atom stereocenters. The maximum Gasteiger partial charge on any atom is 0.295 e. The van der Waals surface area contributed by atoms with Crippen molar-refractivity contribution in [2.24, 2.45) is 0 Å². The van der Waals surface area contributed by atoms with Crippen molar-refractivity contribution in [3.05, 3.63) is 83.9 Å². The predicted molar refractivity (Wildman–Crippen MR) is 93.9 cm³/mol. The fourth-order valence-corrected chi connectivity index (χ4v) is 2.77. The topological polar surface area (TPSA) is 47.8 Å². The van der Waals surface area contributed by atoms with E-state index in [4.69, 9.17) is 0 Å². The lowest BCUT2D eigenvalue weighted by Gasteiger charge is -2.04. The van der Waals surface area contributed by atoms with Gasteiger partial charge in [0.25, 0.3) is 5.91 Å². The molecule has 0 unspecified atom stereocenters. The van der Waals surface area contributed by atoms with Crippen molar-refractivity contribution >= 4 is 16.9 Å². The van der Waals surface area contributed by atoms with Gasteiger partial charge < -0.3 is 0 Å². The number of carbonyl (C=O) groups excluding carboxylic acids is 1. The van der Waals surface area contributed by atoms with E-state index in [1.165, 1.54) is 10.4 Å². The van der Waals surface area contributed by atoms with Crippen LogP contribution in [0.1, 0.15) is 15.9 Å². The largest absolute Gasteiger partial charge is 0.295 e. The summed E-state index contributed by atoms with van der Waals surface area (Å²) in [6, 6.07) is 23.1. The van der Waals surface area contributed by atoms with Crippen molar-refractivity contribution in [1.29, 1.82) is 0 Å². The van der Waals surface area contributed by atoms with E-state index < -0.39 is 0 Å². The van der Waals surface area contributed by atoms with Gasteiger partial charge >= 0.3 is 0 Å². The van der Waals surface area contributed by atoms with Crippen molar-refractivity contribution in [1.82, 2.24) is 15.0 Å². The molecule has 0 amide bonds. The summed E-state index contributed by atoms with van der Waals surface area (Å²) in [5, 5.41) is 8.66. The smallest absolute Gasteiger partial charge is 0.265 e. The lowest BCUT2D eigenvalue weighted by molar-refractivity contribution is 0.0928. The molecule has 0 spiro atoms. The van der Waals surface area contributed by atoms with Crippen molar-refractivity contribution < 1.29 is 4.79 Å². The maximum atomic E-state index is 12.5. The van der Waals surface area contributed by atoms with E-state index in [1.54, 1.807) is 12.1 Å². The van der Waals surface area contributed by atoms with Gasteiger partial charge in [-0.1, -0.05) is 48.5 Å². The minimum atomic E-state index is -0.232. The molecule has 0 N–H and O–H groups in total. The van der Waals surface area contributed by atoms with Crippen molar-refractivity contribution in [3.63, 3.8) is 0 Å². The van der Waals surface area contributed by atoms with E-state index >= 15 is 0 Å². The zero-order chi connectivity index (χ0) is 16.5. The van der Waals surface area contributed by atoms with E-state index in [2.05, 4.69) is 29.3 Å². The predicted octanol–water partition coefficient (Wildman–Crippen LogP) is 4.10. The van der Waals surface area contributed by atoms with E-state index in [0.29, 0.717) is 16.6 Å². The van der Waals surface area contributed by atoms with Crippen LogP contribution in [0.4, 0.5) is 0 Å². The Morgan fingerprint density at radius 2 is 1.54 bits per heavy atom. The Labute approximate surface area is 139 Å². The van der Waals surface area contributed by atoms with Gasteiger partial charge in [-0.05, 0) is 47.9 Å². The molecule has 4 heteroatoms. The summed E-state index contributed by atoms with van der Waals surface area (Å²) in [5.41, 5.74) is 5.40. The first-order valence-electron chi connectivity index (χ1n) is 7.75. The van der Waals surface area contributed by atoms with Crippen LogP contribution >= 0.6 is 0 Å². The number of hydrogen-bond donors (Lipinski definition) is 0. The van der Waals surface area contributed by atoms with Crippen LogP contribution in [0.3, 0.4) is 0 Å². The van der Waals surface area contributed by atoms with Gasteiger partial charge in [0, 0.05) is 5.56 Å². The van der Waals surface area contributed by atoms with Gasteiger partial charge in [-0.3, -0.25) is 4.79 Å². The number of nitrogens with zero attached hydrogens (tertiary/aromatic N) is 3. The molecule has 24 heavy (non-hydrogen) atoms. The maximum absolute atomic E-state index is 12.5. The number of rotatable bonds is 2. The number of fused-ring (bicyclic) bond motifs is 1. The first-order valence-corrected chi connectivity index (χ1v) is 7.75. The van der Waals surface area contributed by atoms with Crippen molar-refractivity contribution in [2.75, 3.05) is 0 Å². The summed E-state index contributed by atoms with van der Waals surface area (Å²) in [5.74, 6) is -0.232. The van der Waals surface area contributed by atoms with Crippen LogP contribution in [0, 0.1) is 6.92 Å². The minimum Gasteiger partial charge on any atom is -0.265 e. The molecule has 0 radical (unpaired) electrons. The number of aromatic nitrogens is 3. The molecule has 0 aliphatic heterocycles. The zero-order valence-corrected chi connectivity index (χ0v) is 13.2. The fraction of sp³-hybridized carbons (Fsp3) is 0.0500. The van der Waals surface area contributed by atoms with E-state index in [9.17, 15) is 4.79 Å². The molecule has 0 aliphatic carbocycles. The van der Waals surface area contributed by atoms with Gasteiger partial charge in [-0.2, -0.15) is 0 Å². The van der Waals surface area contributed by atoms with Crippen LogP contribution in [-0.2, 0) is 0 Å². The molecular formula is C20H15N3O. The normalized spacial score (nSPS) is 10.9. The molecule has 1 aromatic heterocycles. The van der Waals surface area contributed by atoms with Crippen LogP contribution in [0.2, 0.25) is 0 Å². The summed E-state index contributed by atoms with van der Waals surface area (Å²) in [6.07, 6.45) is 0. The number of benzene rings is 3. The molecule has 0 saturated carbocycles. The lowest BCUT2D eigenvalue weighted by atomic mass is 10.0.